The quantitative estimate of drug-likeness (QED) is 0.794. The van der Waals surface area contributed by atoms with E-state index in [1.807, 2.05) is 25.9 Å². The van der Waals surface area contributed by atoms with Crippen LogP contribution in [-0.4, -0.2) is 37.5 Å². The lowest BCUT2D eigenvalue weighted by Gasteiger charge is -2.35. The minimum absolute atomic E-state index is 0.0900. The molecule has 1 saturated carbocycles. The number of carbonyl (C=O) groups excluding carboxylic acids is 1. The van der Waals surface area contributed by atoms with E-state index in [4.69, 9.17) is 0 Å². The molecule has 1 N–H and O–H groups in total. The van der Waals surface area contributed by atoms with Gasteiger partial charge in [-0.1, -0.05) is 26.7 Å². The first-order chi connectivity index (χ1) is 7.56. The second kappa shape index (κ2) is 6.24. The highest BCUT2D eigenvalue weighted by Crippen LogP contribution is 2.27. The van der Waals surface area contributed by atoms with Crippen molar-refractivity contribution >= 4 is 5.91 Å². The van der Waals surface area contributed by atoms with E-state index < -0.39 is 0 Å². The van der Waals surface area contributed by atoms with Crippen LogP contribution < -0.4 is 5.32 Å². The Balaban J connectivity index is 2.48. The molecule has 3 unspecified atom stereocenters. The summed E-state index contributed by atoms with van der Waals surface area (Å²) in [4.78, 5) is 14.1. The lowest BCUT2D eigenvalue weighted by atomic mass is 9.86. The van der Waals surface area contributed by atoms with Crippen LogP contribution in [0.4, 0.5) is 0 Å². The average Bonchev–Trinajstić information content (AvgIpc) is 2.27. The molecule has 0 radical (unpaired) electrons. The van der Waals surface area contributed by atoms with E-state index in [1.54, 1.807) is 0 Å². The number of rotatable bonds is 4. The minimum Gasteiger partial charge on any atom is -0.342 e. The predicted molar refractivity (Wildman–Crippen MR) is 67.3 cm³/mol. The summed E-state index contributed by atoms with van der Waals surface area (Å²) in [7, 11) is 3.86. The van der Waals surface area contributed by atoms with Gasteiger partial charge >= 0.3 is 0 Å². The summed E-state index contributed by atoms with van der Waals surface area (Å²) in [5, 5.41) is 3.07. The van der Waals surface area contributed by atoms with Crippen molar-refractivity contribution in [3.8, 4) is 0 Å². The van der Waals surface area contributed by atoms with Gasteiger partial charge in [-0.05, 0) is 25.8 Å². The van der Waals surface area contributed by atoms with Crippen LogP contribution in [0.25, 0.3) is 0 Å². The van der Waals surface area contributed by atoms with Gasteiger partial charge in [0.2, 0.25) is 5.91 Å². The van der Waals surface area contributed by atoms with Crippen molar-refractivity contribution in [2.75, 3.05) is 20.6 Å². The van der Waals surface area contributed by atoms with E-state index in [1.165, 1.54) is 25.7 Å². The highest BCUT2D eigenvalue weighted by molar-refractivity contribution is 5.78. The number of hydrogen-bond donors (Lipinski definition) is 1. The van der Waals surface area contributed by atoms with Crippen molar-refractivity contribution in [1.82, 2.24) is 10.2 Å². The normalized spacial score (nSPS) is 27.5. The molecule has 3 nitrogen and oxygen atoms in total. The Morgan fingerprint density at radius 1 is 1.50 bits per heavy atom. The number of carbonyl (C=O) groups is 1. The SMILES string of the molecule is CNCC(C)C(=O)N(C)C1CCCC(C)C1. The monoisotopic (exact) mass is 226 g/mol. The van der Waals surface area contributed by atoms with E-state index in [9.17, 15) is 4.79 Å². The van der Waals surface area contributed by atoms with Crippen molar-refractivity contribution < 1.29 is 4.79 Å². The molecule has 1 aliphatic carbocycles. The lowest BCUT2D eigenvalue weighted by Crippen LogP contribution is -2.44. The third-order valence-corrected chi connectivity index (χ3v) is 3.74. The molecule has 94 valence electrons. The minimum atomic E-state index is 0.0900. The predicted octanol–water partition coefficient (Wildman–Crippen LogP) is 1.88. The van der Waals surface area contributed by atoms with Crippen molar-refractivity contribution in [3.05, 3.63) is 0 Å². The van der Waals surface area contributed by atoms with E-state index >= 15 is 0 Å². The summed E-state index contributed by atoms with van der Waals surface area (Å²) in [5.41, 5.74) is 0. The summed E-state index contributed by atoms with van der Waals surface area (Å²) in [6.07, 6.45) is 4.95. The molecule has 0 saturated heterocycles. The lowest BCUT2D eigenvalue weighted by molar-refractivity contribution is -0.136. The first-order valence-electron chi connectivity index (χ1n) is 6.47. The van der Waals surface area contributed by atoms with Crippen LogP contribution in [0.2, 0.25) is 0 Å². The third kappa shape index (κ3) is 3.48. The maximum absolute atomic E-state index is 12.1. The molecule has 1 rings (SSSR count). The third-order valence-electron chi connectivity index (χ3n) is 3.74. The van der Waals surface area contributed by atoms with Gasteiger partial charge in [0.05, 0.1) is 0 Å². The summed E-state index contributed by atoms with van der Waals surface area (Å²) in [6.45, 7) is 5.06. The van der Waals surface area contributed by atoms with Gasteiger partial charge in [0.1, 0.15) is 0 Å². The van der Waals surface area contributed by atoms with E-state index in [2.05, 4.69) is 12.2 Å². The van der Waals surface area contributed by atoms with Crippen molar-refractivity contribution in [2.24, 2.45) is 11.8 Å². The zero-order valence-electron chi connectivity index (χ0n) is 11.1. The first kappa shape index (κ1) is 13.5. The van der Waals surface area contributed by atoms with E-state index in [-0.39, 0.29) is 11.8 Å². The highest BCUT2D eigenvalue weighted by Gasteiger charge is 2.27. The van der Waals surface area contributed by atoms with Crippen LogP contribution in [0.3, 0.4) is 0 Å². The number of hydrogen-bond acceptors (Lipinski definition) is 2. The molecule has 0 aromatic carbocycles. The van der Waals surface area contributed by atoms with Gasteiger partial charge in [0.15, 0.2) is 0 Å². The fourth-order valence-corrected chi connectivity index (χ4v) is 2.67. The first-order valence-corrected chi connectivity index (χ1v) is 6.47. The van der Waals surface area contributed by atoms with E-state index in [0.717, 1.165) is 12.5 Å². The zero-order valence-corrected chi connectivity index (χ0v) is 11.1. The fraction of sp³-hybridized carbons (Fsp3) is 0.923. The molecule has 0 aromatic heterocycles. The standard InChI is InChI=1S/C13H26N2O/c1-10-6-5-7-12(8-10)15(4)13(16)11(2)9-14-3/h10-12,14H,5-9H2,1-4H3. The van der Waals surface area contributed by atoms with Crippen LogP contribution in [0.5, 0.6) is 0 Å². The molecule has 0 spiro atoms. The van der Waals surface area contributed by atoms with Gasteiger partial charge in [0.25, 0.3) is 0 Å². The molecule has 3 atom stereocenters. The topological polar surface area (TPSA) is 32.3 Å². The van der Waals surface area contributed by atoms with Gasteiger partial charge in [0, 0.05) is 25.6 Å². The molecule has 0 bridgehead atoms. The summed E-state index contributed by atoms with van der Waals surface area (Å²) in [5.74, 6) is 1.15. The maximum Gasteiger partial charge on any atom is 0.226 e. The largest absolute Gasteiger partial charge is 0.342 e. The van der Waals surface area contributed by atoms with Crippen molar-refractivity contribution in [1.29, 1.82) is 0 Å². The summed E-state index contributed by atoms with van der Waals surface area (Å²) in [6, 6.07) is 0.468. The fourth-order valence-electron chi connectivity index (χ4n) is 2.67. The molecule has 0 heterocycles. The van der Waals surface area contributed by atoms with Crippen LogP contribution in [-0.2, 0) is 4.79 Å². The van der Waals surface area contributed by atoms with Gasteiger partial charge in [-0.3, -0.25) is 4.79 Å². The number of nitrogens with one attached hydrogen (secondary N) is 1. The molecule has 3 heteroatoms. The average molecular weight is 226 g/mol. The Labute approximate surface area is 99.6 Å². The Morgan fingerprint density at radius 3 is 2.75 bits per heavy atom. The Morgan fingerprint density at radius 2 is 2.19 bits per heavy atom. The van der Waals surface area contributed by atoms with Crippen molar-refractivity contribution in [2.45, 2.75) is 45.6 Å². The zero-order chi connectivity index (χ0) is 12.1. The maximum atomic E-state index is 12.1. The van der Waals surface area contributed by atoms with Crippen LogP contribution in [0.1, 0.15) is 39.5 Å². The summed E-state index contributed by atoms with van der Waals surface area (Å²) < 4.78 is 0. The Kier molecular flexibility index (Phi) is 5.26. The Bertz CT molecular complexity index is 230. The molecule has 0 aromatic rings. The van der Waals surface area contributed by atoms with Gasteiger partial charge < -0.3 is 10.2 Å². The molecular formula is C13H26N2O. The van der Waals surface area contributed by atoms with Crippen molar-refractivity contribution in [3.63, 3.8) is 0 Å². The number of nitrogens with zero attached hydrogens (tertiary/aromatic N) is 1. The smallest absolute Gasteiger partial charge is 0.226 e. The van der Waals surface area contributed by atoms with Gasteiger partial charge in [-0.25, -0.2) is 0 Å². The molecule has 16 heavy (non-hydrogen) atoms. The molecule has 1 aliphatic rings. The van der Waals surface area contributed by atoms with Gasteiger partial charge in [-0.15, -0.1) is 0 Å². The molecule has 1 amide bonds. The molecule has 0 aliphatic heterocycles. The highest BCUT2D eigenvalue weighted by atomic mass is 16.2. The number of amides is 1. The summed E-state index contributed by atoms with van der Waals surface area (Å²) >= 11 is 0. The Hall–Kier alpha value is -0.570. The van der Waals surface area contributed by atoms with Crippen LogP contribution >= 0.6 is 0 Å². The van der Waals surface area contributed by atoms with Crippen LogP contribution in [0.15, 0.2) is 0 Å². The van der Waals surface area contributed by atoms with Gasteiger partial charge in [-0.2, -0.15) is 0 Å². The molecular weight excluding hydrogens is 200 g/mol. The van der Waals surface area contributed by atoms with Crippen LogP contribution in [0, 0.1) is 11.8 Å². The second-order valence-corrected chi connectivity index (χ2v) is 5.33. The van der Waals surface area contributed by atoms with E-state index in [0.29, 0.717) is 6.04 Å². The second-order valence-electron chi connectivity index (χ2n) is 5.33. The molecule has 1 fully saturated rings.